The van der Waals surface area contributed by atoms with Crippen molar-refractivity contribution in [3.8, 4) is 16.9 Å². The molecule has 0 spiro atoms. The minimum Gasteiger partial charge on any atom is -0.484 e. The van der Waals surface area contributed by atoms with Crippen molar-refractivity contribution in [3.63, 3.8) is 0 Å². The molecule has 0 bridgehead atoms. The van der Waals surface area contributed by atoms with Gasteiger partial charge in [0.15, 0.2) is 6.61 Å². The van der Waals surface area contributed by atoms with Crippen LogP contribution in [0, 0.1) is 17.5 Å². The number of hydrogen-bond donors (Lipinski definition) is 3. The quantitative estimate of drug-likeness (QED) is 0.319. The highest BCUT2D eigenvalue weighted by molar-refractivity contribution is 5.78. The lowest BCUT2D eigenvalue weighted by atomic mass is 9.94. The average molecular weight is 509 g/mol. The third-order valence-corrected chi connectivity index (χ3v) is 5.56. The molecule has 1 amide bonds. The molecule has 0 fully saturated rings. The Bertz CT molecular complexity index is 1460. The number of nitrogens with one attached hydrogen (secondary N) is 2. The van der Waals surface area contributed by atoms with Gasteiger partial charge in [0.1, 0.15) is 23.2 Å². The van der Waals surface area contributed by atoms with Crippen LogP contribution in [-0.4, -0.2) is 22.5 Å². The highest BCUT2D eigenvalue weighted by Crippen LogP contribution is 2.30. The van der Waals surface area contributed by atoms with Crippen molar-refractivity contribution in [1.82, 2.24) is 15.3 Å². The van der Waals surface area contributed by atoms with Crippen LogP contribution in [0.4, 0.5) is 13.2 Å². The Morgan fingerprint density at radius 2 is 1.84 bits per heavy atom. The summed E-state index contributed by atoms with van der Waals surface area (Å²) in [5.41, 5.74) is 7.44. The predicted molar refractivity (Wildman–Crippen MR) is 131 cm³/mol. The highest BCUT2D eigenvalue weighted by atomic mass is 19.1. The van der Waals surface area contributed by atoms with Crippen LogP contribution in [0.3, 0.4) is 0 Å². The molecule has 2 aromatic heterocycles. The molecule has 4 N–H and O–H groups in total. The Balaban J connectivity index is 1.67. The first-order valence-corrected chi connectivity index (χ1v) is 11.3. The fourth-order valence-corrected chi connectivity index (χ4v) is 3.92. The summed E-state index contributed by atoms with van der Waals surface area (Å²) in [5.74, 6) is -2.33. The highest BCUT2D eigenvalue weighted by Gasteiger charge is 2.22. The van der Waals surface area contributed by atoms with Gasteiger partial charge in [0.2, 0.25) is 0 Å². The number of carbonyl (C=O) groups excluding carboxylic acids is 1. The Hall–Kier alpha value is -4.44. The van der Waals surface area contributed by atoms with E-state index in [-0.39, 0.29) is 24.3 Å². The number of carbonyl (C=O) groups is 1. The monoisotopic (exact) mass is 508 g/mol. The lowest BCUT2D eigenvalue weighted by Gasteiger charge is -2.22. The average Bonchev–Trinajstić information content (AvgIpc) is 2.87. The topological polar surface area (TPSA) is 110 Å². The van der Waals surface area contributed by atoms with E-state index in [0.717, 1.165) is 6.07 Å². The van der Waals surface area contributed by atoms with Crippen LogP contribution >= 0.6 is 0 Å². The van der Waals surface area contributed by atoms with Gasteiger partial charge in [-0.1, -0.05) is 12.1 Å². The van der Waals surface area contributed by atoms with Gasteiger partial charge in [-0.15, -0.1) is 0 Å². The van der Waals surface area contributed by atoms with Crippen LogP contribution in [-0.2, 0) is 17.8 Å². The molecule has 0 saturated carbocycles. The number of amides is 1. The normalized spacial score (nSPS) is 11.7. The standard InChI is InChI=1S/C27H23F3N4O3/c28-19-8-16(9-20(29)12-19)10-24(34-26(36)15-37-21-5-7-32-25(35)13-21)27-22(2-1-6-33-27)17-3-4-23(30)18(11-17)14-31/h1-9,11-13,24H,10,14-15,31H2,(H,32,35)(H,34,36)/t24-/m0/s1. The van der Waals surface area contributed by atoms with Gasteiger partial charge in [-0.2, -0.15) is 0 Å². The van der Waals surface area contributed by atoms with Crippen molar-refractivity contribution in [2.24, 2.45) is 5.73 Å². The molecule has 2 heterocycles. The van der Waals surface area contributed by atoms with Crippen LogP contribution in [0.15, 0.2) is 77.9 Å². The number of H-pyrrole nitrogens is 1. The van der Waals surface area contributed by atoms with Crippen LogP contribution in [0.1, 0.15) is 22.9 Å². The molecule has 4 rings (SSSR count). The van der Waals surface area contributed by atoms with Crippen molar-refractivity contribution in [2.45, 2.75) is 19.0 Å². The van der Waals surface area contributed by atoms with Gasteiger partial charge < -0.3 is 20.8 Å². The number of hydrogen-bond acceptors (Lipinski definition) is 5. The predicted octanol–water partition coefficient (Wildman–Crippen LogP) is 3.79. The van der Waals surface area contributed by atoms with E-state index in [1.54, 1.807) is 24.3 Å². The molecule has 2 aromatic carbocycles. The zero-order valence-corrected chi connectivity index (χ0v) is 19.5. The number of benzene rings is 2. The van der Waals surface area contributed by atoms with Crippen LogP contribution in [0.2, 0.25) is 0 Å². The Kier molecular flexibility index (Phi) is 7.99. The van der Waals surface area contributed by atoms with Crippen molar-refractivity contribution >= 4 is 5.91 Å². The van der Waals surface area contributed by atoms with Gasteiger partial charge in [-0.3, -0.25) is 14.6 Å². The van der Waals surface area contributed by atoms with E-state index in [1.165, 1.54) is 42.7 Å². The van der Waals surface area contributed by atoms with Gasteiger partial charge >= 0.3 is 0 Å². The number of nitrogens with zero attached hydrogens (tertiary/aromatic N) is 1. The molecule has 37 heavy (non-hydrogen) atoms. The summed E-state index contributed by atoms with van der Waals surface area (Å²) >= 11 is 0. The molecule has 0 saturated heterocycles. The van der Waals surface area contributed by atoms with Crippen molar-refractivity contribution in [1.29, 1.82) is 0 Å². The second-order valence-corrected chi connectivity index (χ2v) is 8.23. The van der Waals surface area contributed by atoms with E-state index in [0.29, 0.717) is 22.4 Å². The minimum atomic E-state index is -0.834. The van der Waals surface area contributed by atoms with E-state index in [4.69, 9.17) is 10.5 Å². The zero-order chi connectivity index (χ0) is 26.4. The number of aromatic amines is 1. The second-order valence-electron chi connectivity index (χ2n) is 8.23. The minimum absolute atomic E-state index is 0.000376. The number of aromatic nitrogens is 2. The molecule has 0 aliphatic rings. The number of halogens is 3. The Morgan fingerprint density at radius 3 is 2.57 bits per heavy atom. The zero-order valence-electron chi connectivity index (χ0n) is 19.5. The Labute approximate surface area is 210 Å². The van der Waals surface area contributed by atoms with Gasteiger partial charge in [-0.05, 0) is 53.9 Å². The number of rotatable bonds is 9. The smallest absolute Gasteiger partial charge is 0.258 e. The van der Waals surface area contributed by atoms with Crippen LogP contribution in [0.5, 0.6) is 5.75 Å². The number of nitrogens with two attached hydrogens (primary N) is 1. The van der Waals surface area contributed by atoms with E-state index < -0.39 is 41.6 Å². The summed E-state index contributed by atoms with van der Waals surface area (Å²) in [7, 11) is 0. The molecule has 10 heteroatoms. The van der Waals surface area contributed by atoms with Crippen LogP contribution in [0.25, 0.3) is 11.1 Å². The maximum absolute atomic E-state index is 14.1. The molecule has 0 aliphatic heterocycles. The van der Waals surface area contributed by atoms with E-state index >= 15 is 0 Å². The molecule has 4 aromatic rings. The van der Waals surface area contributed by atoms with Gasteiger partial charge in [-0.25, -0.2) is 13.2 Å². The largest absolute Gasteiger partial charge is 0.484 e. The molecule has 190 valence electrons. The first kappa shape index (κ1) is 25.6. The molecule has 1 atom stereocenters. The summed E-state index contributed by atoms with van der Waals surface area (Å²) in [6.45, 7) is -0.439. The van der Waals surface area contributed by atoms with Gasteiger partial charge in [0.05, 0.1) is 11.7 Å². The summed E-state index contributed by atoms with van der Waals surface area (Å²) in [4.78, 5) is 31.2. The fraction of sp³-hybridized carbons (Fsp3) is 0.148. The van der Waals surface area contributed by atoms with E-state index in [9.17, 15) is 22.8 Å². The fourth-order valence-electron chi connectivity index (χ4n) is 3.92. The maximum atomic E-state index is 14.1. The number of pyridine rings is 2. The van der Waals surface area contributed by atoms with Crippen molar-refractivity contribution < 1.29 is 22.7 Å². The molecule has 0 aliphatic carbocycles. The van der Waals surface area contributed by atoms with Gasteiger partial charge in [0, 0.05) is 42.2 Å². The summed E-state index contributed by atoms with van der Waals surface area (Å²) in [6, 6.07) is 12.8. The molecule has 0 unspecified atom stereocenters. The SMILES string of the molecule is NCc1cc(-c2cccnc2[C@H](Cc2cc(F)cc(F)c2)NC(=O)COc2cc[nH]c(=O)c2)ccc1F. The lowest BCUT2D eigenvalue weighted by Crippen LogP contribution is -2.34. The Morgan fingerprint density at radius 1 is 1.05 bits per heavy atom. The third kappa shape index (κ3) is 6.62. The van der Waals surface area contributed by atoms with Crippen molar-refractivity contribution in [2.75, 3.05) is 6.61 Å². The number of ether oxygens (including phenoxy) is 1. The first-order valence-electron chi connectivity index (χ1n) is 11.3. The first-order chi connectivity index (χ1) is 17.8. The van der Waals surface area contributed by atoms with E-state index in [1.807, 2.05) is 0 Å². The summed E-state index contributed by atoms with van der Waals surface area (Å²) in [6.07, 6.45) is 2.90. The third-order valence-electron chi connectivity index (χ3n) is 5.56. The molecular formula is C27H23F3N4O3. The summed E-state index contributed by atoms with van der Waals surface area (Å²) < 4.78 is 47.3. The molecule has 0 radical (unpaired) electrons. The molecule has 7 nitrogen and oxygen atoms in total. The van der Waals surface area contributed by atoms with E-state index in [2.05, 4.69) is 15.3 Å². The lowest BCUT2D eigenvalue weighted by molar-refractivity contribution is -0.123. The summed E-state index contributed by atoms with van der Waals surface area (Å²) in [5, 5.41) is 2.80. The van der Waals surface area contributed by atoms with Crippen LogP contribution < -0.4 is 21.3 Å². The maximum Gasteiger partial charge on any atom is 0.258 e. The molecular weight excluding hydrogens is 485 g/mol. The van der Waals surface area contributed by atoms with Crippen molar-refractivity contribution in [3.05, 3.63) is 118 Å². The second kappa shape index (κ2) is 11.5. The van der Waals surface area contributed by atoms with Gasteiger partial charge in [0.25, 0.3) is 11.5 Å².